The molecule has 11 heteroatoms. The standard InChI is InChI=1S/C32H46N2O9/c1-6-32(4,5)31(38)43-28-12-20(2)11-24-8-7-21(3)27(30(24)28)10-9-25(35)14-26(36)15-29(37)41-18-22-13-23(17-33-16-22)19-42-34(39)40/h7-8,11,13,16-17,20-21,25-28,30,35-36H,6,9-10,12,14-15,18-19H2,1-5H3/t20-,21-,25+,26+,27-,28-,30-/m0/s1. The molecule has 0 saturated heterocycles. The van der Waals surface area contributed by atoms with Crippen LogP contribution in [0.25, 0.3) is 0 Å². The Morgan fingerprint density at radius 2 is 1.86 bits per heavy atom. The van der Waals surface area contributed by atoms with Gasteiger partial charge in [0.2, 0.25) is 0 Å². The van der Waals surface area contributed by atoms with Crippen LogP contribution < -0.4 is 0 Å². The van der Waals surface area contributed by atoms with Crippen LogP contribution in [0.2, 0.25) is 0 Å². The fourth-order valence-corrected chi connectivity index (χ4v) is 5.80. The van der Waals surface area contributed by atoms with Gasteiger partial charge in [-0.05, 0) is 80.9 Å². The molecule has 0 aliphatic heterocycles. The van der Waals surface area contributed by atoms with Gasteiger partial charge in [0, 0.05) is 23.9 Å². The Kier molecular flexibility index (Phi) is 12.3. The number of pyridine rings is 1. The minimum atomic E-state index is -1.08. The lowest BCUT2D eigenvalue weighted by Gasteiger charge is -2.44. The predicted octanol–water partition coefficient (Wildman–Crippen LogP) is 4.87. The van der Waals surface area contributed by atoms with Crippen molar-refractivity contribution in [1.82, 2.24) is 4.98 Å². The molecular weight excluding hydrogens is 556 g/mol. The van der Waals surface area contributed by atoms with Crippen molar-refractivity contribution in [1.29, 1.82) is 0 Å². The van der Waals surface area contributed by atoms with Gasteiger partial charge in [-0.25, -0.2) is 0 Å². The molecule has 0 bridgehead atoms. The van der Waals surface area contributed by atoms with E-state index in [1.807, 2.05) is 20.8 Å². The largest absolute Gasteiger partial charge is 0.461 e. The van der Waals surface area contributed by atoms with Crippen molar-refractivity contribution >= 4 is 11.9 Å². The number of rotatable bonds is 15. The maximum Gasteiger partial charge on any atom is 0.311 e. The summed E-state index contributed by atoms with van der Waals surface area (Å²) in [7, 11) is 0. The van der Waals surface area contributed by atoms with Gasteiger partial charge in [-0.15, -0.1) is 10.1 Å². The summed E-state index contributed by atoms with van der Waals surface area (Å²) >= 11 is 0. The summed E-state index contributed by atoms with van der Waals surface area (Å²) in [6.07, 6.45) is 9.61. The molecule has 0 saturated carbocycles. The molecule has 1 aromatic rings. The van der Waals surface area contributed by atoms with Crippen LogP contribution in [-0.4, -0.2) is 50.5 Å². The van der Waals surface area contributed by atoms with E-state index in [4.69, 9.17) is 9.47 Å². The minimum Gasteiger partial charge on any atom is -0.461 e. The maximum atomic E-state index is 13.0. The minimum absolute atomic E-state index is 0.0226. The lowest BCUT2D eigenvalue weighted by Crippen LogP contribution is -2.43. The number of carbonyl (C=O) groups is 2. The summed E-state index contributed by atoms with van der Waals surface area (Å²) in [4.78, 5) is 44.0. The SMILES string of the molecule is CCC(C)(C)C(=O)O[C@H]1C[C@@H](C)C=C2C=C[C@H](C)[C@H](CC[C@@H](O)C[C@@H](O)CC(=O)OCc3cncc(CO[N+](=O)[O-])c3)[C@H]21. The van der Waals surface area contributed by atoms with Gasteiger partial charge in [-0.2, -0.15) is 0 Å². The number of fused-ring (bicyclic) bond motifs is 1. The van der Waals surface area contributed by atoms with Gasteiger partial charge in [0.15, 0.2) is 0 Å². The van der Waals surface area contributed by atoms with Crippen molar-refractivity contribution in [2.75, 3.05) is 0 Å². The van der Waals surface area contributed by atoms with Crippen LogP contribution in [0.5, 0.6) is 0 Å². The number of nitrogens with zero attached hydrogens (tertiary/aromatic N) is 2. The molecule has 0 radical (unpaired) electrons. The predicted molar refractivity (Wildman–Crippen MR) is 157 cm³/mol. The molecule has 7 atom stereocenters. The average Bonchev–Trinajstić information content (AvgIpc) is 2.94. The van der Waals surface area contributed by atoms with Gasteiger partial charge in [-0.1, -0.05) is 39.0 Å². The number of hydrogen-bond acceptors (Lipinski definition) is 10. The Morgan fingerprint density at radius 3 is 2.53 bits per heavy atom. The molecular formula is C32H46N2O9. The summed E-state index contributed by atoms with van der Waals surface area (Å²) in [5.74, 6) is -0.110. The molecule has 0 amide bonds. The van der Waals surface area contributed by atoms with Gasteiger partial charge < -0.3 is 24.5 Å². The van der Waals surface area contributed by atoms with Crippen molar-refractivity contribution in [3.63, 3.8) is 0 Å². The number of hydrogen-bond donors (Lipinski definition) is 2. The van der Waals surface area contributed by atoms with Crippen LogP contribution in [0.1, 0.15) is 84.3 Å². The van der Waals surface area contributed by atoms with Crippen LogP contribution >= 0.6 is 0 Å². The van der Waals surface area contributed by atoms with E-state index in [9.17, 15) is 29.9 Å². The molecule has 0 aromatic carbocycles. The highest BCUT2D eigenvalue weighted by atomic mass is 16.9. The Balaban J connectivity index is 1.51. The summed E-state index contributed by atoms with van der Waals surface area (Å²) in [6.45, 7) is 9.69. The number of ether oxygens (including phenoxy) is 2. The number of aliphatic hydroxyl groups is 2. The van der Waals surface area contributed by atoms with Gasteiger partial charge in [-0.3, -0.25) is 14.6 Å². The first-order valence-corrected chi connectivity index (χ1v) is 15.1. The topological polar surface area (TPSA) is 158 Å². The second kappa shape index (κ2) is 15.4. The van der Waals surface area contributed by atoms with Crippen molar-refractivity contribution in [3.8, 4) is 0 Å². The fraction of sp³-hybridized carbons (Fsp3) is 0.656. The zero-order valence-electron chi connectivity index (χ0n) is 25.8. The summed E-state index contributed by atoms with van der Waals surface area (Å²) in [5.41, 5.74) is 1.60. The third kappa shape index (κ3) is 10.1. The Morgan fingerprint density at radius 1 is 1.16 bits per heavy atom. The van der Waals surface area contributed by atoms with Crippen LogP contribution in [0.3, 0.4) is 0 Å². The van der Waals surface area contributed by atoms with E-state index in [0.717, 1.165) is 6.42 Å². The van der Waals surface area contributed by atoms with Crippen LogP contribution in [0.4, 0.5) is 0 Å². The molecule has 43 heavy (non-hydrogen) atoms. The normalized spacial score (nSPS) is 24.7. The molecule has 0 fully saturated rings. The molecule has 1 heterocycles. The van der Waals surface area contributed by atoms with E-state index >= 15 is 0 Å². The number of allylic oxidation sites excluding steroid dienone is 3. The number of aromatic nitrogens is 1. The van der Waals surface area contributed by atoms with Crippen molar-refractivity contribution in [2.24, 2.45) is 29.1 Å². The molecule has 2 N–H and O–H groups in total. The molecule has 0 spiro atoms. The zero-order chi connectivity index (χ0) is 31.7. The van der Waals surface area contributed by atoms with E-state index in [1.54, 1.807) is 6.07 Å². The van der Waals surface area contributed by atoms with Gasteiger partial charge in [0.1, 0.15) is 19.3 Å². The number of esters is 2. The van der Waals surface area contributed by atoms with Gasteiger partial charge in [0.25, 0.3) is 5.09 Å². The molecule has 1 aromatic heterocycles. The monoisotopic (exact) mass is 602 g/mol. The lowest BCUT2D eigenvalue weighted by molar-refractivity contribution is -0.763. The molecule has 0 unspecified atom stereocenters. The number of carbonyl (C=O) groups excluding carboxylic acids is 2. The first kappa shape index (κ1) is 34.2. The molecule has 2 aliphatic rings. The average molecular weight is 603 g/mol. The highest BCUT2D eigenvalue weighted by molar-refractivity contribution is 5.76. The Hall–Kier alpha value is -3.31. The van der Waals surface area contributed by atoms with Crippen LogP contribution in [0, 0.1) is 39.2 Å². The third-order valence-corrected chi connectivity index (χ3v) is 8.66. The quantitative estimate of drug-likeness (QED) is 0.161. The molecule has 238 valence electrons. The second-order valence-corrected chi connectivity index (χ2v) is 12.7. The van der Waals surface area contributed by atoms with Crippen molar-refractivity contribution < 1.29 is 39.2 Å². The van der Waals surface area contributed by atoms with E-state index < -0.39 is 28.7 Å². The van der Waals surface area contributed by atoms with Gasteiger partial charge in [0.05, 0.1) is 24.0 Å². The smallest absolute Gasteiger partial charge is 0.311 e. The van der Waals surface area contributed by atoms with E-state index in [2.05, 4.69) is 41.9 Å². The second-order valence-electron chi connectivity index (χ2n) is 12.7. The van der Waals surface area contributed by atoms with E-state index in [-0.39, 0.29) is 61.8 Å². The molecule has 11 nitrogen and oxygen atoms in total. The maximum absolute atomic E-state index is 13.0. The Labute approximate surface area is 253 Å². The van der Waals surface area contributed by atoms with E-state index in [0.29, 0.717) is 30.4 Å². The molecule has 3 rings (SSSR count). The Bertz CT molecular complexity index is 1180. The third-order valence-electron chi connectivity index (χ3n) is 8.66. The van der Waals surface area contributed by atoms with Crippen molar-refractivity contribution in [2.45, 2.75) is 105 Å². The summed E-state index contributed by atoms with van der Waals surface area (Å²) in [6, 6.07) is 1.58. The zero-order valence-corrected chi connectivity index (χ0v) is 25.8. The van der Waals surface area contributed by atoms with Crippen LogP contribution in [-0.2, 0) is 37.1 Å². The van der Waals surface area contributed by atoms with Gasteiger partial charge >= 0.3 is 11.9 Å². The first-order valence-electron chi connectivity index (χ1n) is 15.1. The van der Waals surface area contributed by atoms with E-state index in [1.165, 1.54) is 18.0 Å². The van der Waals surface area contributed by atoms with Crippen molar-refractivity contribution in [3.05, 3.63) is 63.5 Å². The highest BCUT2D eigenvalue weighted by Crippen LogP contribution is 2.45. The fourth-order valence-electron chi connectivity index (χ4n) is 5.80. The summed E-state index contributed by atoms with van der Waals surface area (Å²) in [5, 5.41) is 30.7. The lowest BCUT2D eigenvalue weighted by atomic mass is 9.65. The van der Waals surface area contributed by atoms with Crippen LogP contribution in [0.15, 0.2) is 42.3 Å². The highest BCUT2D eigenvalue weighted by Gasteiger charge is 2.42. The summed E-state index contributed by atoms with van der Waals surface area (Å²) < 4.78 is 11.4. The first-order chi connectivity index (χ1) is 20.3. The number of aliphatic hydroxyl groups excluding tert-OH is 2. The molecule has 2 aliphatic carbocycles.